The third kappa shape index (κ3) is 5.56. The van der Waals surface area contributed by atoms with Crippen molar-refractivity contribution in [3.05, 3.63) is 0 Å². The third-order valence-electron chi connectivity index (χ3n) is 6.82. The van der Waals surface area contributed by atoms with Crippen molar-refractivity contribution >= 4 is 35.0 Å². The molecule has 4 N–H and O–H groups in total. The van der Waals surface area contributed by atoms with Gasteiger partial charge in [-0.1, -0.05) is 6.92 Å². The summed E-state index contributed by atoms with van der Waals surface area (Å²) in [4.78, 5) is 27.6. The van der Waals surface area contributed by atoms with Crippen molar-refractivity contribution in [1.29, 1.82) is 0 Å². The molecule has 3 aliphatic heterocycles. The van der Waals surface area contributed by atoms with Crippen molar-refractivity contribution in [2.75, 3.05) is 26.7 Å². The zero-order valence-corrected chi connectivity index (χ0v) is 19.1. The predicted octanol–water partition coefficient (Wildman–Crippen LogP) is 0.850. The molecule has 0 spiro atoms. The molecule has 3 saturated heterocycles. The fraction of sp³-hybridized carbons (Fsp3) is 0.900. The molecule has 0 radical (unpaired) electrons. The van der Waals surface area contributed by atoms with E-state index in [1.165, 1.54) is 0 Å². The van der Waals surface area contributed by atoms with E-state index >= 15 is 0 Å². The second-order valence-electron chi connectivity index (χ2n) is 8.98. The molecule has 7 atom stereocenters. The highest BCUT2D eigenvalue weighted by Gasteiger charge is 2.43. The molecule has 0 saturated carbocycles. The number of piperidine rings is 3. The Morgan fingerprint density at radius 1 is 1.21 bits per heavy atom. The molecular weight excluding hydrogens is 413 g/mol. The first-order valence-electron chi connectivity index (χ1n) is 10.8. The summed E-state index contributed by atoms with van der Waals surface area (Å²) >= 11 is 13.3. The first-order valence-corrected chi connectivity index (χ1v) is 11.7. The Hall–Kier alpha value is -0.600. The van der Waals surface area contributed by atoms with Crippen LogP contribution in [0.4, 0.5) is 0 Å². The van der Waals surface area contributed by atoms with Gasteiger partial charge < -0.3 is 16.0 Å². The van der Waals surface area contributed by atoms with E-state index in [1.807, 2.05) is 6.92 Å². The number of hydrogen-bond acceptors (Lipinski definition) is 5. The number of carbonyl (C=O) groups excluding carboxylic acids is 2. The summed E-state index contributed by atoms with van der Waals surface area (Å²) in [6.07, 6.45) is 3.75. The molecule has 3 rings (SSSR count). The summed E-state index contributed by atoms with van der Waals surface area (Å²) < 4.78 is 0. The van der Waals surface area contributed by atoms with Crippen LogP contribution in [0.2, 0.25) is 0 Å². The lowest BCUT2D eigenvalue weighted by molar-refractivity contribution is -0.130. The number of amides is 2. The maximum Gasteiger partial charge on any atom is 0.238 e. The largest absolute Gasteiger partial charge is 0.354 e. The molecule has 3 fully saturated rings. The van der Waals surface area contributed by atoms with Crippen LogP contribution in [0.5, 0.6) is 0 Å². The van der Waals surface area contributed by atoms with Crippen LogP contribution in [-0.2, 0) is 9.59 Å². The van der Waals surface area contributed by atoms with Crippen LogP contribution >= 0.6 is 23.2 Å². The van der Waals surface area contributed by atoms with Crippen LogP contribution < -0.4 is 21.3 Å². The van der Waals surface area contributed by atoms with Crippen molar-refractivity contribution in [3.63, 3.8) is 0 Å². The Kier molecular flexibility index (Phi) is 8.07. The van der Waals surface area contributed by atoms with Crippen molar-refractivity contribution in [3.8, 4) is 0 Å². The maximum atomic E-state index is 12.9. The summed E-state index contributed by atoms with van der Waals surface area (Å²) in [7, 11) is 2.09. The van der Waals surface area contributed by atoms with Gasteiger partial charge in [-0.3, -0.25) is 19.8 Å². The lowest BCUT2D eigenvalue weighted by Gasteiger charge is -2.45. The number of nitrogens with zero attached hydrogens (tertiary/aromatic N) is 1. The quantitative estimate of drug-likeness (QED) is 0.370. The minimum Gasteiger partial charge on any atom is -0.354 e. The minimum atomic E-state index is -0.581. The second kappa shape index (κ2) is 10.1. The zero-order chi connectivity index (χ0) is 21.1. The molecule has 29 heavy (non-hydrogen) atoms. The van der Waals surface area contributed by atoms with Crippen LogP contribution in [-0.4, -0.2) is 78.4 Å². The van der Waals surface area contributed by atoms with Gasteiger partial charge in [-0.05, 0) is 58.7 Å². The Morgan fingerprint density at radius 2 is 1.90 bits per heavy atom. The van der Waals surface area contributed by atoms with E-state index in [4.69, 9.17) is 23.2 Å². The highest BCUT2D eigenvalue weighted by molar-refractivity contribution is 6.24. The molecule has 3 aliphatic rings. The summed E-state index contributed by atoms with van der Waals surface area (Å²) in [5.41, 5.74) is -0.312. The summed E-state index contributed by atoms with van der Waals surface area (Å²) in [6, 6.07) is 0.0712. The average molecular weight is 448 g/mol. The normalized spacial score (nSPS) is 39.2. The molecular formula is C20H35Cl2N5O2. The van der Waals surface area contributed by atoms with Gasteiger partial charge in [0.15, 0.2) is 0 Å². The van der Waals surface area contributed by atoms with E-state index < -0.39 is 6.04 Å². The van der Waals surface area contributed by atoms with Gasteiger partial charge in [0, 0.05) is 24.7 Å². The van der Waals surface area contributed by atoms with Gasteiger partial charge in [0.1, 0.15) is 6.04 Å². The van der Waals surface area contributed by atoms with Gasteiger partial charge in [-0.15, -0.1) is 23.2 Å². The van der Waals surface area contributed by atoms with Crippen LogP contribution in [0.25, 0.3) is 0 Å². The summed E-state index contributed by atoms with van der Waals surface area (Å²) in [5.74, 6) is -0.163. The van der Waals surface area contributed by atoms with Gasteiger partial charge in [-0.2, -0.15) is 0 Å². The summed E-state index contributed by atoms with van der Waals surface area (Å²) in [6.45, 7) is 6.39. The minimum absolute atomic E-state index is 0.00862. The third-order valence-corrected chi connectivity index (χ3v) is 7.67. The molecule has 166 valence electrons. The number of carbonyl (C=O) groups is 2. The van der Waals surface area contributed by atoms with E-state index in [0.29, 0.717) is 19.0 Å². The molecule has 0 aromatic heterocycles. The standard InChI is InChI=1S/C20H35Cl2N5O2/c1-11-8-12(2)25-19(28)14(11)10-24-20(29)18-17(22)15(9-16(21)26-18)27(3)13-4-6-23-7-5-13/h11-18,23,26H,4-10H2,1-3H3,(H,24,29)(H,25,28). The number of nitrogens with one attached hydrogen (secondary N) is 4. The molecule has 0 aromatic rings. The van der Waals surface area contributed by atoms with Crippen molar-refractivity contribution in [1.82, 2.24) is 26.2 Å². The number of halogens is 2. The first kappa shape index (κ1) is 23.1. The molecule has 7 nitrogen and oxygen atoms in total. The predicted molar refractivity (Wildman–Crippen MR) is 116 cm³/mol. The Labute approximate surface area is 184 Å². The molecule has 0 bridgehead atoms. The van der Waals surface area contributed by atoms with Gasteiger partial charge in [0.25, 0.3) is 0 Å². The Bertz CT molecular complexity index is 589. The fourth-order valence-electron chi connectivity index (χ4n) is 5.02. The topological polar surface area (TPSA) is 85.5 Å². The SMILES string of the molecule is CC1CC(C)C(CNC(=O)C2NC(Cl)CC(N(C)C3CCNCC3)C2Cl)C(=O)N1. The van der Waals surface area contributed by atoms with Crippen molar-refractivity contribution in [2.24, 2.45) is 11.8 Å². The van der Waals surface area contributed by atoms with E-state index in [-0.39, 0.29) is 46.6 Å². The first-order chi connectivity index (χ1) is 13.8. The van der Waals surface area contributed by atoms with Gasteiger partial charge in [0.2, 0.25) is 11.8 Å². The van der Waals surface area contributed by atoms with Gasteiger partial charge >= 0.3 is 0 Å². The molecule has 9 heteroatoms. The van der Waals surface area contributed by atoms with E-state index in [1.54, 1.807) is 0 Å². The Balaban J connectivity index is 1.59. The Morgan fingerprint density at radius 3 is 2.55 bits per heavy atom. The summed E-state index contributed by atoms with van der Waals surface area (Å²) in [5, 5.41) is 12.1. The molecule has 7 unspecified atom stereocenters. The lowest BCUT2D eigenvalue weighted by Crippen LogP contribution is -2.64. The number of rotatable bonds is 5. The number of hydrogen-bond donors (Lipinski definition) is 4. The maximum absolute atomic E-state index is 12.9. The van der Waals surface area contributed by atoms with Gasteiger partial charge in [0.05, 0.1) is 16.8 Å². The number of alkyl halides is 2. The second-order valence-corrected chi connectivity index (χ2v) is 10.0. The van der Waals surface area contributed by atoms with Crippen LogP contribution in [0.15, 0.2) is 0 Å². The van der Waals surface area contributed by atoms with Crippen molar-refractivity contribution in [2.45, 2.75) is 74.6 Å². The fourth-order valence-corrected chi connectivity index (χ4v) is 5.80. The van der Waals surface area contributed by atoms with Crippen LogP contribution in [0.1, 0.15) is 39.5 Å². The smallest absolute Gasteiger partial charge is 0.238 e. The molecule has 3 heterocycles. The lowest BCUT2D eigenvalue weighted by atomic mass is 9.84. The molecule has 0 aromatic carbocycles. The monoisotopic (exact) mass is 447 g/mol. The average Bonchev–Trinajstić information content (AvgIpc) is 2.68. The molecule has 2 amide bonds. The van der Waals surface area contributed by atoms with Crippen molar-refractivity contribution < 1.29 is 9.59 Å². The van der Waals surface area contributed by atoms with Gasteiger partial charge in [-0.25, -0.2) is 0 Å². The highest BCUT2D eigenvalue weighted by Crippen LogP contribution is 2.29. The molecule has 0 aliphatic carbocycles. The van der Waals surface area contributed by atoms with E-state index in [0.717, 1.165) is 32.4 Å². The van der Waals surface area contributed by atoms with Crippen LogP contribution in [0, 0.1) is 11.8 Å². The van der Waals surface area contributed by atoms with E-state index in [2.05, 4.69) is 40.1 Å². The zero-order valence-electron chi connectivity index (χ0n) is 17.6. The van der Waals surface area contributed by atoms with Crippen LogP contribution in [0.3, 0.4) is 0 Å². The van der Waals surface area contributed by atoms with E-state index in [9.17, 15) is 9.59 Å². The highest BCUT2D eigenvalue weighted by atomic mass is 35.5.